The topological polar surface area (TPSA) is 75.7 Å². The number of hydrogen-bond acceptors (Lipinski definition) is 4. The van der Waals surface area contributed by atoms with Gasteiger partial charge in [0.25, 0.3) is 0 Å². The maximum absolute atomic E-state index is 11.4. The highest BCUT2D eigenvalue weighted by molar-refractivity contribution is 5.83. The summed E-state index contributed by atoms with van der Waals surface area (Å²) in [5.41, 5.74) is 0. The Hall–Kier alpha value is -1.59. The zero-order valence-corrected chi connectivity index (χ0v) is 11.3. The third kappa shape index (κ3) is 8.55. The first kappa shape index (κ1) is 16.4. The van der Waals surface area contributed by atoms with Crippen LogP contribution >= 0.6 is 0 Å². The summed E-state index contributed by atoms with van der Waals surface area (Å²) in [5.74, 6) is -0.508. The molecule has 0 rings (SSSR count). The van der Waals surface area contributed by atoms with Crippen LogP contribution < -0.4 is 5.32 Å². The highest BCUT2D eigenvalue weighted by atomic mass is 16.5. The number of nitrogens with one attached hydrogen (secondary N) is 1. The molecule has 0 aromatic rings. The summed E-state index contributed by atoms with van der Waals surface area (Å²) in [7, 11) is 2.95. The van der Waals surface area contributed by atoms with E-state index in [1.807, 2.05) is 0 Å². The molecule has 6 nitrogen and oxygen atoms in total. The molecule has 18 heavy (non-hydrogen) atoms. The molecule has 0 spiro atoms. The Labute approximate surface area is 108 Å². The third-order valence-corrected chi connectivity index (χ3v) is 2.53. The van der Waals surface area contributed by atoms with Gasteiger partial charge in [0, 0.05) is 26.9 Å². The summed E-state index contributed by atoms with van der Waals surface area (Å²) in [6.45, 7) is 2.06. The van der Waals surface area contributed by atoms with Gasteiger partial charge in [0.05, 0.1) is 13.7 Å². The van der Waals surface area contributed by atoms with Gasteiger partial charge < -0.3 is 15.0 Å². The summed E-state index contributed by atoms with van der Waals surface area (Å²) in [4.78, 5) is 34.4. The first-order valence-electron chi connectivity index (χ1n) is 6.02. The summed E-state index contributed by atoms with van der Waals surface area (Å²) in [5, 5.41) is 2.72. The van der Waals surface area contributed by atoms with Crippen LogP contribution in [0.25, 0.3) is 0 Å². The second kappa shape index (κ2) is 9.44. The molecular weight excluding hydrogens is 236 g/mol. The van der Waals surface area contributed by atoms with Gasteiger partial charge in [-0.05, 0) is 12.8 Å². The van der Waals surface area contributed by atoms with E-state index >= 15 is 0 Å². The third-order valence-electron chi connectivity index (χ3n) is 2.53. The monoisotopic (exact) mass is 258 g/mol. The molecule has 0 saturated heterocycles. The summed E-state index contributed by atoms with van der Waals surface area (Å²) in [6.07, 6.45) is 2.85. The van der Waals surface area contributed by atoms with Gasteiger partial charge in [-0.25, -0.2) is 0 Å². The van der Waals surface area contributed by atoms with Crippen LogP contribution in [0.3, 0.4) is 0 Å². The fourth-order valence-electron chi connectivity index (χ4n) is 1.28. The molecule has 6 heteroatoms. The Bertz CT molecular complexity index is 292. The zero-order valence-electron chi connectivity index (χ0n) is 11.3. The van der Waals surface area contributed by atoms with Crippen molar-refractivity contribution in [2.45, 2.75) is 32.6 Å². The van der Waals surface area contributed by atoms with E-state index in [-0.39, 0.29) is 24.3 Å². The Morgan fingerprint density at radius 3 is 2.39 bits per heavy atom. The van der Waals surface area contributed by atoms with Crippen LogP contribution in [0.1, 0.15) is 32.6 Å². The highest BCUT2D eigenvalue weighted by Crippen LogP contribution is 1.99. The molecule has 0 aliphatic rings. The van der Waals surface area contributed by atoms with Gasteiger partial charge in [-0.2, -0.15) is 0 Å². The Morgan fingerprint density at radius 2 is 1.83 bits per heavy atom. The van der Waals surface area contributed by atoms with E-state index in [4.69, 9.17) is 0 Å². The Balaban J connectivity index is 3.46. The Kier molecular flexibility index (Phi) is 8.61. The van der Waals surface area contributed by atoms with E-state index in [1.165, 1.54) is 18.9 Å². The number of nitrogens with zero attached hydrogens (tertiary/aromatic N) is 1. The molecule has 0 saturated carbocycles. The molecule has 2 amide bonds. The number of unbranched alkanes of at least 4 members (excludes halogenated alkanes) is 2. The Morgan fingerprint density at radius 1 is 1.17 bits per heavy atom. The predicted molar refractivity (Wildman–Crippen MR) is 66.8 cm³/mol. The highest BCUT2D eigenvalue weighted by Gasteiger charge is 2.07. The molecule has 0 radical (unpaired) electrons. The maximum Gasteiger partial charge on any atom is 0.305 e. The number of carbonyl (C=O) groups is 3. The van der Waals surface area contributed by atoms with Crippen LogP contribution in [0, 0.1) is 0 Å². The second-order valence-electron chi connectivity index (χ2n) is 4.11. The minimum absolute atomic E-state index is 0.0808. The van der Waals surface area contributed by atoms with Crippen LogP contribution in [0.15, 0.2) is 0 Å². The predicted octanol–water partition coefficient (Wildman–Crippen LogP) is 0.314. The van der Waals surface area contributed by atoms with Crippen LogP contribution in [0.2, 0.25) is 0 Å². The average molecular weight is 258 g/mol. The van der Waals surface area contributed by atoms with Crippen molar-refractivity contribution >= 4 is 17.8 Å². The first-order valence-corrected chi connectivity index (χ1v) is 6.02. The molecule has 0 atom stereocenters. The fraction of sp³-hybridized carbons (Fsp3) is 0.750. The molecule has 0 heterocycles. The van der Waals surface area contributed by atoms with Crippen molar-refractivity contribution in [1.82, 2.24) is 10.2 Å². The van der Waals surface area contributed by atoms with E-state index in [0.717, 1.165) is 19.3 Å². The number of hydrogen-bond donors (Lipinski definition) is 1. The van der Waals surface area contributed by atoms with Gasteiger partial charge in [-0.3, -0.25) is 14.4 Å². The molecule has 104 valence electrons. The van der Waals surface area contributed by atoms with Crippen LogP contribution in [0.4, 0.5) is 0 Å². The lowest BCUT2D eigenvalue weighted by Crippen LogP contribution is -2.37. The second-order valence-corrected chi connectivity index (χ2v) is 4.11. The standard InChI is InChI=1S/C12H22N2O4/c1-10(15)14(2)9-11(16)13-8-6-4-5-7-12(17)18-3/h4-9H2,1-3H3,(H,13,16). The van der Waals surface area contributed by atoms with Crippen molar-refractivity contribution in [2.24, 2.45) is 0 Å². The normalized spacial score (nSPS) is 9.72. The van der Waals surface area contributed by atoms with E-state index < -0.39 is 0 Å². The minimum atomic E-state index is -0.206. The number of amides is 2. The molecular formula is C12H22N2O4. The van der Waals surface area contributed by atoms with E-state index in [9.17, 15) is 14.4 Å². The van der Waals surface area contributed by atoms with Crippen molar-refractivity contribution in [3.05, 3.63) is 0 Å². The lowest BCUT2D eigenvalue weighted by molar-refractivity contribution is -0.140. The molecule has 0 aliphatic heterocycles. The number of ether oxygens (including phenoxy) is 1. The summed E-state index contributed by atoms with van der Waals surface area (Å²) >= 11 is 0. The van der Waals surface area contributed by atoms with Crippen LogP contribution in [-0.2, 0) is 19.1 Å². The molecule has 0 fully saturated rings. The quantitative estimate of drug-likeness (QED) is 0.502. The molecule has 0 aromatic heterocycles. The number of rotatable bonds is 8. The number of esters is 1. The number of likely N-dealkylation sites (N-methyl/N-ethyl adjacent to an activating group) is 1. The van der Waals surface area contributed by atoms with Crippen molar-refractivity contribution in [2.75, 3.05) is 27.2 Å². The van der Waals surface area contributed by atoms with Crippen molar-refractivity contribution < 1.29 is 19.1 Å². The van der Waals surface area contributed by atoms with Crippen molar-refractivity contribution in [3.63, 3.8) is 0 Å². The van der Waals surface area contributed by atoms with Gasteiger partial charge in [0.1, 0.15) is 0 Å². The SMILES string of the molecule is COC(=O)CCCCCNC(=O)CN(C)C(C)=O. The van der Waals surface area contributed by atoms with Crippen LogP contribution in [-0.4, -0.2) is 49.9 Å². The van der Waals surface area contributed by atoms with E-state index in [2.05, 4.69) is 10.1 Å². The maximum atomic E-state index is 11.4. The van der Waals surface area contributed by atoms with Gasteiger partial charge in [0.2, 0.25) is 11.8 Å². The van der Waals surface area contributed by atoms with Gasteiger partial charge in [-0.15, -0.1) is 0 Å². The van der Waals surface area contributed by atoms with Gasteiger partial charge in [0.15, 0.2) is 0 Å². The summed E-state index contributed by atoms with van der Waals surface area (Å²) < 4.78 is 4.52. The van der Waals surface area contributed by atoms with E-state index in [1.54, 1.807) is 7.05 Å². The first-order chi connectivity index (χ1) is 8.47. The van der Waals surface area contributed by atoms with Gasteiger partial charge in [-0.1, -0.05) is 6.42 Å². The molecule has 0 unspecified atom stereocenters. The molecule has 0 bridgehead atoms. The average Bonchev–Trinajstić information content (AvgIpc) is 2.32. The smallest absolute Gasteiger partial charge is 0.305 e. The number of methoxy groups -OCH3 is 1. The minimum Gasteiger partial charge on any atom is -0.469 e. The lowest BCUT2D eigenvalue weighted by Gasteiger charge is -2.14. The largest absolute Gasteiger partial charge is 0.469 e. The van der Waals surface area contributed by atoms with Gasteiger partial charge >= 0.3 is 5.97 Å². The zero-order chi connectivity index (χ0) is 14.0. The molecule has 0 aliphatic carbocycles. The number of carbonyl (C=O) groups excluding carboxylic acids is 3. The molecule has 1 N–H and O–H groups in total. The van der Waals surface area contributed by atoms with Crippen molar-refractivity contribution in [1.29, 1.82) is 0 Å². The molecule has 0 aromatic carbocycles. The lowest BCUT2D eigenvalue weighted by atomic mass is 10.2. The van der Waals surface area contributed by atoms with Crippen molar-refractivity contribution in [3.8, 4) is 0 Å². The van der Waals surface area contributed by atoms with Crippen LogP contribution in [0.5, 0.6) is 0 Å². The van der Waals surface area contributed by atoms with E-state index in [0.29, 0.717) is 13.0 Å². The summed E-state index contributed by atoms with van der Waals surface area (Å²) in [6, 6.07) is 0. The fourth-order valence-corrected chi connectivity index (χ4v) is 1.28.